The maximum Gasteiger partial charge on any atom is 0.277 e. The van der Waals surface area contributed by atoms with E-state index in [1.54, 1.807) is 13.0 Å². The van der Waals surface area contributed by atoms with Crippen molar-refractivity contribution < 1.29 is 9.32 Å². The third-order valence-electron chi connectivity index (χ3n) is 3.21. The van der Waals surface area contributed by atoms with Crippen LogP contribution in [-0.2, 0) is 0 Å². The summed E-state index contributed by atoms with van der Waals surface area (Å²) < 4.78 is 4.88. The van der Waals surface area contributed by atoms with Gasteiger partial charge in [0.2, 0.25) is 0 Å². The number of benzene rings is 1. The molecule has 4 nitrogen and oxygen atoms in total. The molecule has 0 saturated heterocycles. The van der Waals surface area contributed by atoms with Crippen LogP contribution in [0.5, 0.6) is 0 Å². The zero-order valence-electron chi connectivity index (χ0n) is 11.4. The molecule has 0 radical (unpaired) electrons. The van der Waals surface area contributed by atoms with Crippen LogP contribution in [0.4, 0.5) is 5.69 Å². The topological polar surface area (TPSA) is 55.1 Å². The lowest BCUT2D eigenvalue weighted by Gasteiger charge is -2.10. The Kier molecular flexibility index (Phi) is 4.00. The SMILES string of the molecule is CCC(C)c1ccc(NC(=O)c2cc(C)on2)cc1. The van der Waals surface area contributed by atoms with Crippen LogP contribution in [0.25, 0.3) is 0 Å². The molecule has 100 valence electrons. The van der Waals surface area contributed by atoms with Crippen LogP contribution in [0.15, 0.2) is 34.9 Å². The molecule has 1 atom stereocenters. The number of amides is 1. The Balaban J connectivity index is 2.05. The second-order valence-electron chi connectivity index (χ2n) is 4.71. The van der Waals surface area contributed by atoms with Crippen molar-refractivity contribution in [3.8, 4) is 0 Å². The molecule has 1 aromatic heterocycles. The van der Waals surface area contributed by atoms with Gasteiger partial charge in [-0.05, 0) is 37.0 Å². The van der Waals surface area contributed by atoms with Gasteiger partial charge >= 0.3 is 0 Å². The predicted octanol–water partition coefficient (Wildman–Crippen LogP) is 3.75. The summed E-state index contributed by atoms with van der Waals surface area (Å²) in [5.74, 6) is 0.897. The molecule has 0 saturated carbocycles. The molecule has 1 heterocycles. The van der Waals surface area contributed by atoms with Crippen LogP contribution in [0.2, 0.25) is 0 Å². The highest BCUT2D eigenvalue weighted by Gasteiger charge is 2.11. The van der Waals surface area contributed by atoms with Crippen LogP contribution in [0.1, 0.15) is 48.0 Å². The number of anilines is 1. The van der Waals surface area contributed by atoms with Gasteiger partial charge in [-0.2, -0.15) is 0 Å². The first kappa shape index (κ1) is 13.3. The molecule has 2 aromatic rings. The molecule has 0 aliphatic heterocycles. The van der Waals surface area contributed by atoms with Gasteiger partial charge in [-0.3, -0.25) is 4.79 Å². The monoisotopic (exact) mass is 258 g/mol. The lowest BCUT2D eigenvalue weighted by molar-refractivity contribution is 0.101. The molecule has 19 heavy (non-hydrogen) atoms. The number of carbonyl (C=O) groups excluding carboxylic acids is 1. The molecule has 0 aliphatic carbocycles. The first-order valence-electron chi connectivity index (χ1n) is 6.44. The molecule has 1 aromatic carbocycles. The van der Waals surface area contributed by atoms with Crippen molar-refractivity contribution in [1.29, 1.82) is 0 Å². The largest absolute Gasteiger partial charge is 0.361 e. The average molecular weight is 258 g/mol. The molecular weight excluding hydrogens is 240 g/mol. The Labute approximate surface area is 112 Å². The summed E-state index contributed by atoms with van der Waals surface area (Å²) in [5.41, 5.74) is 2.33. The second-order valence-corrected chi connectivity index (χ2v) is 4.71. The number of hydrogen-bond donors (Lipinski definition) is 1. The fourth-order valence-electron chi connectivity index (χ4n) is 1.80. The van der Waals surface area contributed by atoms with Gasteiger partial charge in [-0.25, -0.2) is 0 Å². The lowest BCUT2D eigenvalue weighted by atomic mass is 9.99. The van der Waals surface area contributed by atoms with E-state index < -0.39 is 0 Å². The van der Waals surface area contributed by atoms with E-state index in [0.29, 0.717) is 17.4 Å². The van der Waals surface area contributed by atoms with Crippen molar-refractivity contribution in [3.05, 3.63) is 47.3 Å². The summed E-state index contributed by atoms with van der Waals surface area (Å²) in [4.78, 5) is 11.9. The number of aromatic nitrogens is 1. The van der Waals surface area contributed by atoms with Gasteiger partial charge in [-0.15, -0.1) is 0 Å². The van der Waals surface area contributed by atoms with Gasteiger partial charge in [0.1, 0.15) is 5.76 Å². The first-order chi connectivity index (χ1) is 9.10. The minimum Gasteiger partial charge on any atom is -0.361 e. The molecule has 0 spiro atoms. The standard InChI is InChI=1S/C15H18N2O2/c1-4-10(2)12-5-7-13(8-6-12)16-15(18)14-9-11(3)19-17-14/h5-10H,4H2,1-3H3,(H,16,18). The summed E-state index contributed by atoms with van der Waals surface area (Å²) >= 11 is 0. The zero-order chi connectivity index (χ0) is 13.8. The molecule has 0 aliphatic rings. The second kappa shape index (κ2) is 5.69. The van der Waals surface area contributed by atoms with Gasteiger partial charge in [-0.1, -0.05) is 31.1 Å². The number of nitrogens with zero attached hydrogens (tertiary/aromatic N) is 1. The quantitative estimate of drug-likeness (QED) is 0.908. The highest BCUT2D eigenvalue weighted by molar-refractivity contribution is 6.02. The maximum atomic E-state index is 11.9. The predicted molar refractivity (Wildman–Crippen MR) is 74.3 cm³/mol. The number of aryl methyl sites for hydroxylation is 1. The molecule has 0 bridgehead atoms. The Morgan fingerprint density at radius 2 is 2.05 bits per heavy atom. The van der Waals surface area contributed by atoms with Crippen LogP contribution >= 0.6 is 0 Å². The number of hydrogen-bond acceptors (Lipinski definition) is 3. The molecule has 1 unspecified atom stereocenters. The van der Waals surface area contributed by atoms with E-state index in [4.69, 9.17) is 4.52 Å². The molecule has 0 fully saturated rings. The van der Waals surface area contributed by atoms with Crippen molar-refractivity contribution in [2.24, 2.45) is 0 Å². The third-order valence-corrected chi connectivity index (χ3v) is 3.21. The summed E-state index contributed by atoms with van der Waals surface area (Å²) in [5, 5.41) is 6.48. The van der Waals surface area contributed by atoms with Gasteiger partial charge in [0.05, 0.1) is 0 Å². The van der Waals surface area contributed by atoms with Crippen LogP contribution in [0.3, 0.4) is 0 Å². The smallest absolute Gasteiger partial charge is 0.277 e. The van der Waals surface area contributed by atoms with Crippen molar-refractivity contribution in [2.75, 3.05) is 5.32 Å². The molecule has 1 N–H and O–H groups in total. The van der Waals surface area contributed by atoms with E-state index in [-0.39, 0.29) is 5.91 Å². The Hall–Kier alpha value is -2.10. The van der Waals surface area contributed by atoms with Crippen LogP contribution < -0.4 is 5.32 Å². The Morgan fingerprint density at radius 1 is 1.37 bits per heavy atom. The van der Waals surface area contributed by atoms with E-state index >= 15 is 0 Å². The zero-order valence-corrected chi connectivity index (χ0v) is 11.4. The normalized spacial score (nSPS) is 12.2. The number of nitrogens with one attached hydrogen (secondary N) is 1. The summed E-state index contributed by atoms with van der Waals surface area (Å²) in [7, 11) is 0. The van der Waals surface area contributed by atoms with Crippen LogP contribution in [-0.4, -0.2) is 11.1 Å². The summed E-state index contributed by atoms with van der Waals surface area (Å²) in [6.45, 7) is 6.10. The Bertz CT molecular complexity index is 558. The van der Waals surface area contributed by atoms with E-state index in [1.807, 2.05) is 24.3 Å². The molecule has 4 heteroatoms. The molecular formula is C15H18N2O2. The van der Waals surface area contributed by atoms with Crippen molar-refractivity contribution in [1.82, 2.24) is 5.16 Å². The summed E-state index contributed by atoms with van der Waals surface area (Å²) in [6, 6.07) is 9.51. The van der Waals surface area contributed by atoms with Crippen LogP contribution in [0, 0.1) is 6.92 Å². The van der Waals surface area contributed by atoms with Gasteiger partial charge in [0.25, 0.3) is 5.91 Å². The summed E-state index contributed by atoms with van der Waals surface area (Å²) in [6.07, 6.45) is 1.10. The highest BCUT2D eigenvalue weighted by atomic mass is 16.5. The lowest BCUT2D eigenvalue weighted by Crippen LogP contribution is -2.12. The van der Waals surface area contributed by atoms with Gasteiger partial charge < -0.3 is 9.84 Å². The van der Waals surface area contributed by atoms with Gasteiger partial charge in [0.15, 0.2) is 5.69 Å². The average Bonchev–Trinajstić information content (AvgIpc) is 2.85. The van der Waals surface area contributed by atoms with E-state index in [0.717, 1.165) is 12.1 Å². The van der Waals surface area contributed by atoms with Crippen molar-refractivity contribution in [3.63, 3.8) is 0 Å². The van der Waals surface area contributed by atoms with E-state index in [1.165, 1.54) is 5.56 Å². The van der Waals surface area contributed by atoms with Crippen molar-refractivity contribution >= 4 is 11.6 Å². The fraction of sp³-hybridized carbons (Fsp3) is 0.333. The van der Waals surface area contributed by atoms with Crippen molar-refractivity contribution in [2.45, 2.75) is 33.1 Å². The minimum absolute atomic E-state index is 0.256. The Morgan fingerprint density at radius 3 is 2.58 bits per heavy atom. The van der Waals surface area contributed by atoms with E-state index in [9.17, 15) is 4.79 Å². The maximum absolute atomic E-state index is 11.9. The third kappa shape index (κ3) is 3.22. The molecule has 2 rings (SSSR count). The first-order valence-corrected chi connectivity index (χ1v) is 6.44. The van der Waals surface area contributed by atoms with Gasteiger partial charge in [0, 0.05) is 11.8 Å². The number of rotatable bonds is 4. The number of carbonyl (C=O) groups is 1. The highest BCUT2D eigenvalue weighted by Crippen LogP contribution is 2.20. The van der Waals surface area contributed by atoms with E-state index in [2.05, 4.69) is 24.3 Å². The minimum atomic E-state index is -0.256. The fourth-order valence-corrected chi connectivity index (χ4v) is 1.80. The molecule has 1 amide bonds.